The fraction of sp³-hybridized carbons (Fsp3) is 0.267. The third-order valence-electron chi connectivity index (χ3n) is 3.76. The molecule has 1 atom stereocenters. The Morgan fingerprint density at radius 2 is 2.24 bits per heavy atom. The number of hydrogen-bond acceptors (Lipinski definition) is 4. The number of fused-ring (bicyclic) bond motifs is 3. The van der Waals surface area contributed by atoms with Crippen molar-refractivity contribution >= 4 is 28.6 Å². The Morgan fingerprint density at radius 3 is 2.86 bits per heavy atom. The van der Waals surface area contributed by atoms with E-state index in [-0.39, 0.29) is 12.2 Å². The van der Waals surface area contributed by atoms with Crippen LogP contribution in [0, 0.1) is 6.92 Å². The number of aliphatic carboxylic acids is 1. The van der Waals surface area contributed by atoms with Crippen molar-refractivity contribution in [2.45, 2.75) is 19.4 Å². The molecule has 6 heteroatoms. The molecule has 0 spiro atoms. The van der Waals surface area contributed by atoms with Crippen molar-refractivity contribution in [3.8, 4) is 0 Å². The molecule has 0 radical (unpaired) electrons. The molecule has 2 aromatic rings. The molecule has 0 fully saturated rings. The van der Waals surface area contributed by atoms with Gasteiger partial charge in [-0.05, 0) is 18.6 Å². The zero-order valence-corrected chi connectivity index (χ0v) is 11.7. The lowest BCUT2D eigenvalue weighted by Gasteiger charge is -2.21. The van der Waals surface area contributed by atoms with Gasteiger partial charge < -0.3 is 5.11 Å². The Hall–Kier alpha value is -2.56. The number of hydroxylamine groups is 2. The number of aryl methyl sites for hydroxylation is 1. The monoisotopic (exact) mass is 286 g/mol. The maximum absolute atomic E-state index is 11.4. The minimum Gasteiger partial charge on any atom is -0.481 e. The standard InChI is InChI=1S/C15H14N2O4/c1-9-4-3-5-10-6-11-12(7-14(19)20)17(21-2)13(8-18)16(11)15(9)10/h3-6,12H,7H2,1-2H3,(H,19,20). The molecule has 0 aliphatic carbocycles. The number of carbonyl (C=O) groups excluding carboxylic acids is 1. The molecule has 0 bridgehead atoms. The van der Waals surface area contributed by atoms with Gasteiger partial charge in [0.15, 0.2) is 5.94 Å². The van der Waals surface area contributed by atoms with Crippen LogP contribution in [0.25, 0.3) is 16.7 Å². The van der Waals surface area contributed by atoms with Crippen molar-refractivity contribution in [2.75, 3.05) is 7.11 Å². The van der Waals surface area contributed by atoms with Crippen LogP contribution >= 0.6 is 0 Å². The highest BCUT2D eigenvalue weighted by Crippen LogP contribution is 2.42. The van der Waals surface area contributed by atoms with E-state index in [2.05, 4.69) is 0 Å². The van der Waals surface area contributed by atoms with Crippen LogP contribution in [0.5, 0.6) is 0 Å². The maximum Gasteiger partial charge on any atom is 0.305 e. The van der Waals surface area contributed by atoms with E-state index < -0.39 is 12.0 Å². The smallest absolute Gasteiger partial charge is 0.305 e. The van der Waals surface area contributed by atoms with Crippen molar-refractivity contribution in [2.24, 2.45) is 0 Å². The van der Waals surface area contributed by atoms with Gasteiger partial charge in [0.1, 0.15) is 6.04 Å². The highest BCUT2D eigenvalue weighted by atomic mass is 16.7. The Labute approximate surface area is 120 Å². The van der Waals surface area contributed by atoms with Crippen LogP contribution in [0.15, 0.2) is 24.3 Å². The highest BCUT2D eigenvalue weighted by Gasteiger charge is 2.38. The average molecular weight is 286 g/mol. The summed E-state index contributed by atoms with van der Waals surface area (Å²) >= 11 is 0. The zero-order valence-electron chi connectivity index (χ0n) is 11.7. The van der Waals surface area contributed by atoms with Gasteiger partial charge in [0.05, 0.1) is 24.7 Å². The Kier molecular flexibility index (Phi) is 3.05. The van der Waals surface area contributed by atoms with Crippen molar-refractivity contribution in [1.82, 2.24) is 9.63 Å². The first kappa shape index (κ1) is 13.4. The van der Waals surface area contributed by atoms with Crippen molar-refractivity contribution in [3.63, 3.8) is 0 Å². The lowest BCUT2D eigenvalue weighted by molar-refractivity contribution is -0.145. The van der Waals surface area contributed by atoms with Gasteiger partial charge in [0.2, 0.25) is 5.82 Å². The van der Waals surface area contributed by atoms with E-state index >= 15 is 0 Å². The second-order valence-corrected chi connectivity index (χ2v) is 4.97. The molecule has 6 nitrogen and oxygen atoms in total. The maximum atomic E-state index is 11.4. The molecule has 21 heavy (non-hydrogen) atoms. The third kappa shape index (κ3) is 1.85. The molecule has 1 aliphatic heterocycles. The van der Waals surface area contributed by atoms with Gasteiger partial charge >= 0.3 is 5.97 Å². The number of carbonyl (C=O) groups is 1. The van der Waals surface area contributed by atoms with Crippen molar-refractivity contribution in [1.29, 1.82) is 0 Å². The number of hydrogen-bond donors (Lipinski definition) is 1. The lowest BCUT2D eigenvalue weighted by Crippen LogP contribution is -2.23. The summed E-state index contributed by atoms with van der Waals surface area (Å²) in [6, 6.07) is 7.16. The van der Waals surface area contributed by atoms with E-state index in [1.54, 1.807) is 4.57 Å². The summed E-state index contributed by atoms with van der Waals surface area (Å²) in [6.45, 7) is 1.94. The molecule has 1 unspecified atom stereocenters. The summed E-state index contributed by atoms with van der Waals surface area (Å²) in [4.78, 5) is 27.7. The topological polar surface area (TPSA) is 71.8 Å². The molecule has 0 amide bonds. The fourth-order valence-electron chi connectivity index (χ4n) is 2.95. The Bertz CT molecular complexity index is 786. The SMILES string of the molecule is CON1C(=C=O)n2c(cc3cccc(C)c32)C1CC(=O)O. The second kappa shape index (κ2) is 4.77. The number of carboxylic acids is 1. The summed E-state index contributed by atoms with van der Waals surface area (Å²) in [5.74, 6) is 1.10. The number of para-hydroxylation sites is 1. The number of aromatic nitrogens is 1. The minimum atomic E-state index is -0.956. The molecule has 1 aromatic heterocycles. The van der Waals surface area contributed by atoms with E-state index in [9.17, 15) is 9.59 Å². The van der Waals surface area contributed by atoms with E-state index in [4.69, 9.17) is 9.94 Å². The Morgan fingerprint density at radius 1 is 1.48 bits per heavy atom. The van der Waals surface area contributed by atoms with Crippen LogP contribution in [0.4, 0.5) is 0 Å². The molecule has 0 saturated heterocycles. The summed E-state index contributed by atoms with van der Waals surface area (Å²) in [6.07, 6.45) is -0.158. The van der Waals surface area contributed by atoms with Gasteiger partial charge in [-0.25, -0.2) is 9.86 Å². The fourth-order valence-corrected chi connectivity index (χ4v) is 2.95. The van der Waals surface area contributed by atoms with E-state index in [1.807, 2.05) is 37.1 Å². The molecule has 1 N–H and O–H groups in total. The van der Waals surface area contributed by atoms with Gasteiger partial charge in [0.25, 0.3) is 0 Å². The summed E-state index contributed by atoms with van der Waals surface area (Å²) in [7, 11) is 1.41. The molecule has 2 heterocycles. The second-order valence-electron chi connectivity index (χ2n) is 4.97. The third-order valence-corrected chi connectivity index (χ3v) is 3.76. The molecule has 108 valence electrons. The normalized spacial score (nSPS) is 17.1. The van der Waals surface area contributed by atoms with Gasteiger partial charge in [-0.3, -0.25) is 14.2 Å². The average Bonchev–Trinajstić information content (AvgIpc) is 2.94. The first-order valence-electron chi connectivity index (χ1n) is 6.50. The van der Waals surface area contributed by atoms with E-state index in [1.165, 1.54) is 12.2 Å². The minimum absolute atomic E-state index is 0.158. The number of rotatable bonds is 3. The van der Waals surface area contributed by atoms with Crippen LogP contribution in [-0.4, -0.2) is 33.8 Å². The zero-order chi connectivity index (χ0) is 15.1. The van der Waals surface area contributed by atoms with Crippen LogP contribution in [0.2, 0.25) is 0 Å². The molecule has 3 rings (SSSR count). The van der Waals surface area contributed by atoms with Crippen LogP contribution < -0.4 is 0 Å². The number of carboxylic acid groups (broad SMARTS) is 1. The summed E-state index contributed by atoms with van der Waals surface area (Å²) in [5, 5.41) is 11.4. The van der Waals surface area contributed by atoms with Crippen molar-refractivity contribution < 1.29 is 19.5 Å². The van der Waals surface area contributed by atoms with E-state index in [0.717, 1.165) is 22.2 Å². The molecular weight excluding hydrogens is 272 g/mol. The van der Waals surface area contributed by atoms with Crippen LogP contribution in [-0.2, 0) is 14.4 Å². The molecule has 1 aromatic carbocycles. The highest BCUT2D eigenvalue weighted by molar-refractivity contribution is 5.93. The van der Waals surface area contributed by atoms with Crippen molar-refractivity contribution in [3.05, 3.63) is 35.5 Å². The first-order chi connectivity index (χ1) is 10.1. The quantitative estimate of drug-likeness (QED) is 0.873. The van der Waals surface area contributed by atoms with Crippen LogP contribution in [0.1, 0.15) is 23.7 Å². The predicted octanol–water partition coefficient (Wildman–Crippen LogP) is 1.97. The van der Waals surface area contributed by atoms with Crippen LogP contribution in [0.3, 0.4) is 0 Å². The largest absolute Gasteiger partial charge is 0.481 e. The Balaban J connectivity index is 2.30. The van der Waals surface area contributed by atoms with Gasteiger partial charge in [0, 0.05) is 5.39 Å². The number of nitrogens with zero attached hydrogens (tertiary/aromatic N) is 2. The molecule has 0 saturated carbocycles. The lowest BCUT2D eigenvalue weighted by atomic mass is 10.1. The molecular formula is C15H14N2O4. The first-order valence-corrected chi connectivity index (χ1v) is 6.50. The molecule has 1 aliphatic rings. The van der Waals surface area contributed by atoms with Gasteiger partial charge in [-0.15, -0.1) is 0 Å². The van der Waals surface area contributed by atoms with Gasteiger partial charge in [-0.2, -0.15) is 0 Å². The summed E-state index contributed by atoms with van der Waals surface area (Å²) < 4.78 is 1.73. The summed E-state index contributed by atoms with van der Waals surface area (Å²) in [5.41, 5.74) is 2.60. The van der Waals surface area contributed by atoms with E-state index in [0.29, 0.717) is 0 Å². The number of benzene rings is 1. The predicted molar refractivity (Wildman–Crippen MR) is 75.9 cm³/mol. The van der Waals surface area contributed by atoms with Gasteiger partial charge in [-0.1, -0.05) is 18.2 Å².